The van der Waals surface area contributed by atoms with E-state index in [1.165, 1.54) is 12.1 Å². The number of rotatable bonds is 4. The van der Waals surface area contributed by atoms with E-state index >= 15 is 0 Å². The van der Waals surface area contributed by atoms with Crippen LogP contribution < -0.4 is 11.1 Å². The SMILES string of the molecule is CC(C)(N)CNC(=O)c1ccc(Cl)cc1[N+](=O)[O-]. The highest BCUT2D eigenvalue weighted by atomic mass is 35.5. The fourth-order valence-corrected chi connectivity index (χ4v) is 1.42. The van der Waals surface area contributed by atoms with Crippen molar-refractivity contribution in [1.82, 2.24) is 5.32 Å². The van der Waals surface area contributed by atoms with Gasteiger partial charge in [-0.3, -0.25) is 14.9 Å². The minimum atomic E-state index is -0.644. The number of halogens is 1. The number of nitro groups is 1. The van der Waals surface area contributed by atoms with Gasteiger partial charge in [0, 0.05) is 23.2 Å². The summed E-state index contributed by atoms with van der Waals surface area (Å²) in [7, 11) is 0. The van der Waals surface area contributed by atoms with Crippen LogP contribution in [-0.2, 0) is 0 Å². The van der Waals surface area contributed by atoms with Gasteiger partial charge in [-0.15, -0.1) is 0 Å². The van der Waals surface area contributed by atoms with Gasteiger partial charge in [0.25, 0.3) is 11.6 Å². The standard InChI is InChI=1S/C11H14ClN3O3/c1-11(2,13)6-14-10(16)8-4-3-7(12)5-9(8)15(17)18/h3-5H,6,13H2,1-2H3,(H,14,16). The van der Waals surface area contributed by atoms with Crippen LogP contribution in [0.1, 0.15) is 24.2 Å². The Morgan fingerprint density at radius 3 is 2.67 bits per heavy atom. The number of hydrogen-bond donors (Lipinski definition) is 2. The van der Waals surface area contributed by atoms with Gasteiger partial charge >= 0.3 is 0 Å². The largest absolute Gasteiger partial charge is 0.350 e. The van der Waals surface area contributed by atoms with Crippen LogP contribution in [0.5, 0.6) is 0 Å². The third kappa shape index (κ3) is 3.97. The monoisotopic (exact) mass is 271 g/mol. The lowest BCUT2D eigenvalue weighted by Crippen LogP contribution is -2.45. The molecule has 0 saturated heterocycles. The summed E-state index contributed by atoms with van der Waals surface area (Å²) in [5, 5.41) is 13.6. The van der Waals surface area contributed by atoms with Crippen LogP contribution in [0, 0.1) is 10.1 Å². The second-order valence-electron chi connectivity index (χ2n) is 4.59. The summed E-state index contributed by atoms with van der Waals surface area (Å²) in [6, 6.07) is 3.89. The van der Waals surface area contributed by atoms with E-state index in [0.29, 0.717) is 0 Å². The molecule has 0 heterocycles. The maximum absolute atomic E-state index is 11.8. The number of nitrogens with two attached hydrogens (primary N) is 1. The van der Waals surface area contributed by atoms with Gasteiger partial charge in [-0.05, 0) is 26.0 Å². The highest BCUT2D eigenvalue weighted by Crippen LogP contribution is 2.23. The second-order valence-corrected chi connectivity index (χ2v) is 5.03. The molecule has 0 aliphatic heterocycles. The summed E-state index contributed by atoms with van der Waals surface area (Å²) in [4.78, 5) is 22.0. The zero-order valence-electron chi connectivity index (χ0n) is 10.1. The van der Waals surface area contributed by atoms with Crippen LogP contribution >= 0.6 is 11.6 Å². The Morgan fingerprint density at radius 2 is 2.17 bits per heavy atom. The molecule has 1 aromatic rings. The number of hydrogen-bond acceptors (Lipinski definition) is 4. The minimum Gasteiger partial charge on any atom is -0.350 e. The number of nitrogens with zero attached hydrogens (tertiary/aromatic N) is 1. The molecule has 0 spiro atoms. The van der Waals surface area contributed by atoms with Gasteiger partial charge in [0.1, 0.15) is 5.56 Å². The summed E-state index contributed by atoms with van der Waals surface area (Å²) in [5.41, 5.74) is 4.77. The van der Waals surface area contributed by atoms with E-state index in [0.717, 1.165) is 6.07 Å². The number of nitro benzene ring substituents is 1. The van der Waals surface area contributed by atoms with E-state index in [4.69, 9.17) is 17.3 Å². The van der Waals surface area contributed by atoms with Gasteiger partial charge in [-0.2, -0.15) is 0 Å². The Morgan fingerprint density at radius 1 is 1.56 bits per heavy atom. The highest BCUT2D eigenvalue weighted by molar-refractivity contribution is 6.31. The molecule has 1 rings (SSSR count). The molecule has 7 heteroatoms. The van der Waals surface area contributed by atoms with Crippen molar-refractivity contribution in [3.8, 4) is 0 Å². The molecular weight excluding hydrogens is 258 g/mol. The molecule has 0 aromatic heterocycles. The molecular formula is C11H14ClN3O3. The van der Waals surface area contributed by atoms with Crippen LogP contribution in [-0.4, -0.2) is 22.9 Å². The van der Waals surface area contributed by atoms with Gasteiger partial charge in [-0.25, -0.2) is 0 Å². The minimum absolute atomic E-state index is 0.0337. The lowest BCUT2D eigenvalue weighted by Gasteiger charge is -2.18. The predicted octanol–water partition coefficient (Wildman–Crippen LogP) is 1.72. The molecule has 0 atom stereocenters. The Bertz CT molecular complexity index is 483. The maximum atomic E-state index is 11.8. The fraction of sp³-hybridized carbons (Fsp3) is 0.364. The molecule has 1 amide bonds. The van der Waals surface area contributed by atoms with E-state index in [1.807, 2.05) is 0 Å². The first kappa shape index (κ1) is 14.4. The number of amides is 1. The van der Waals surface area contributed by atoms with Crippen LogP contribution in [0.2, 0.25) is 5.02 Å². The van der Waals surface area contributed by atoms with Gasteiger partial charge in [-0.1, -0.05) is 11.6 Å². The number of carbonyl (C=O) groups excluding carboxylic acids is 1. The molecule has 18 heavy (non-hydrogen) atoms. The molecule has 1 aromatic carbocycles. The topological polar surface area (TPSA) is 98.3 Å². The molecule has 3 N–H and O–H groups in total. The van der Waals surface area contributed by atoms with Crippen molar-refractivity contribution >= 4 is 23.2 Å². The van der Waals surface area contributed by atoms with Crippen molar-refractivity contribution in [2.24, 2.45) is 5.73 Å². The molecule has 0 fully saturated rings. The first-order valence-corrected chi connectivity index (χ1v) is 5.59. The van der Waals surface area contributed by atoms with Crippen molar-refractivity contribution in [3.05, 3.63) is 38.9 Å². The summed E-state index contributed by atoms with van der Waals surface area (Å²) in [6.45, 7) is 3.69. The molecule has 0 saturated carbocycles. The number of carbonyl (C=O) groups is 1. The maximum Gasteiger partial charge on any atom is 0.283 e. The smallest absolute Gasteiger partial charge is 0.283 e. The molecule has 0 unspecified atom stereocenters. The quantitative estimate of drug-likeness (QED) is 0.643. The predicted molar refractivity (Wildman–Crippen MR) is 68.7 cm³/mol. The van der Waals surface area contributed by atoms with E-state index in [2.05, 4.69) is 5.32 Å². The van der Waals surface area contributed by atoms with Gasteiger partial charge in [0.15, 0.2) is 0 Å². The number of nitrogens with one attached hydrogen (secondary N) is 1. The van der Waals surface area contributed by atoms with Crippen molar-refractivity contribution in [2.75, 3.05) is 6.54 Å². The van der Waals surface area contributed by atoms with Gasteiger partial charge in [0.2, 0.25) is 0 Å². The van der Waals surface area contributed by atoms with E-state index in [1.54, 1.807) is 13.8 Å². The van der Waals surface area contributed by atoms with E-state index < -0.39 is 16.4 Å². The molecule has 0 radical (unpaired) electrons. The summed E-state index contributed by atoms with van der Waals surface area (Å²) in [6.07, 6.45) is 0. The lowest BCUT2D eigenvalue weighted by atomic mass is 10.1. The second kappa shape index (κ2) is 5.32. The van der Waals surface area contributed by atoms with Crippen LogP contribution in [0.15, 0.2) is 18.2 Å². The Labute approximate surface area is 109 Å². The zero-order valence-corrected chi connectivity index (χ0v) is 10.8. The average Bonchev–Trinajstić information content (AvgIpc) is 2.24. The molecule has 6 nitrogen and oxygen atoms in total. The Balaban J connectivity index is 2.95. The van der Waals surface area contributed by atoms with Crippen molar-refractivity contribution in [1.29, 1.82) is 0 Å². The summed E-state index contributed by atoms with van der Waals surface area (Å²) >= 11 is 5.66. The lowest BCUT2D eigenvalue weighted by molar-refractivity contribution is -0.385. The van der Waals surface area contributed by atoms with Crippen molar-refractivity contribution in [2.45, 2.75) is 19.4 Å². The fourth-order valence-electron chi connectivity index (χ4n) is 1.25. The molecule has 0 aliphatic carbocycles. The summed E-state index contributed by atoms with van der Waals surface area (Å²) < 4.78 is 0. The Kier molecular flexibility index (Phi) is 4.26. The van der Waals surface area contributed by atoms with Gasteiger partial charge in [0.05, 0.1) is 4.92 Å². The van der Waals surface area contributed by atoms with Crippen molar-refractivity contribution in [3.63, 3.8) is 0 Å². The van der Waals surface area contributed by atoms with Crippen LogP contribution in [0.25, 0.3) is 0 Å². The number of benzene rings is 1. The zero-order chi connectivity index (χ0) is 13.9. The first-order valence-electron chi connectivity index (χ1n) is 5.22. The van der Waals surface area contributed by atoms with E-state index in [9.17, 15) is 14.9 Å². The van der Waals surface area contributed by atoms with Crippen molar-refractivity contribution < 1.29 is 9.72 Å². The summed E-state index contributed by atoms with van der Waals surface area (Å²) in [5.74, 6) is -0.545. The third-order valence-corrected chi connectivity index (χ3v) is 2.34. The average molecular weight is 272 g/mol. The molecule has 98 valence electrons. The van der Waals surface area contributed by atoms with Crippen LogP contribution in [0.4, 0.5) is 5.69 Å². The Hall–Kier alpha value is -1.66. The highest BCUT2D eigenvalue weighted by Gasteiger charge is 2.21. The van der Waals surface area contributed by atoms with Gasteiger partial charge < -0.3 is 11.1 Å². The molecule has 0 aliphatic rings. The third-order valence-electron chi connectivity index (χ3n) is 2.11. The molecule has 0 bridgehead atoms. The normalized spacial score (nSPS) is 11.1. The van der Waals surface area contributed by atoms with E-state index in [-0.39, 0.29) is 22.8 Å². The van der Waals surface area contributed by atoms with Crippen LogP contribution in [0.3, 0.4) is 0 Å². The first-order chi connectivity index (χ1) is 8.20.